The van der Waals surface area contributed by atoms with Crippen molar-refractivity contribution in [3.05, 3.63) is 35.9 Å². The molecule has 0 radical (unpaired) electrons. The van der Waals surface area contributed by atoms with Gasteiger partial charge in [-0.2, -0.15) is 0 Å². The number of nitrogens with zero attached hydrogens (tertiary/aromatic N) is 1. The molecular formula is C18H27NO3. The van der Waals surface area contributed by atoms with E-state index < -0.39 is 5.60 Å². The molecule has 1 aromatic carbocycles. The number of hydrogen-bond donors (Lipinski definition) is 1. The quantitative estimate of drug-likeness (QED) is 0.908. The van der Waals surface area contributed by atoms with Crippen LogP contribution in [0.2, 0.25) is 0 Å². The van der Waals surface area contributed by atoms with Gasteiger partial charge in [-0.3, -0.25) is 4.79 Å². The highest BCUT2D eigenvalue weighted by molar-refractivity contribution is 5.77. The topological polar surface area (TPSA) is 49.8 Å². The van der Waals surface area contributed by atoms with Crippen LogP contribution < -0.4 is 0 Å². The lowest BCUT2D eigenvalue weighted by Crippen LogP contribution is -2.53. The molecule has 1 aliphatic heterocycles. The second kappa shape index (κ2) is 7.25. The van der Waals surface area contributed by atoms with E-state index in [1.165, 1.54) is 5.56 Å². The highest BCUT2D eigenvalue weighted by Gasteiger charge is 2.38. The maximum atomic E-state index is 12.2. The predicted molar refractivity (Wildman–Crippen MR) is 86.5 cm³/mol. The number of carbonyl (C=O) groups excluding carboxylic acids is 1. The van der Waals surface area contributed by atoms with E-state index >= 15 is 0 Å². The first-order valence-corrected chi connectivity index (χ1v) is 8.04. The number of likely N-dealkylation sites (tertiary alicyclic amines) is 1. The Morgan fingerprint density at radius 2 is 2.09 bits per heavy atom. The summed E-state index contributed by atoms with van der Waals surface area (Å²) < 4.78 is 5.41. The summed E-state index contributed by atoms with van der Waals surface area (Å²) in [6.45, 7) is 7.03. The fourth-order valence-corrected chi connectivity index (χ4v) is 2.86. The van der Waals surface area contributed by atoms with Gasteiger partial charge in [-0.1, -0.05) is 30.3 Å². The molecule has 1 saturated heterocycles. The number of aliphatic hydroxyl groups is 1. The van der Waals surface area contributed by atoms with E-state index in [9.17, 15) is 9.90 Å². The summed E-state index contributed by atoms with van der Waals surface area (Å²) in [5.41, 5.74) is 0.464. The van der Waals surface area contributed by atoms with Crippen molar-refractivity contribution in [2.24, 2.45) is 5.92 Å². The molecular weight excluding hydrogens is 278 g/mol. The molecule has 1 aromatic rings. The van der Waals surface area contributed by atoms with Crippen molar-refractivity contribution in [1.29, 1.82) is 0 Å². The zero-order valence-corrected chi connectivity index (χ0v) is 13.8. The fourth-order valence-electron chi connectivity index (χ4n) is 2.86. The standard InChI is InChI=1S/C18H27NO3/c1-14(2)22-13-17(20)19-10-9-18(3,21)16(12-19)11-15-7-5-4-6-8-15/h4-8,14,16,21H,9-13H2,1-3H3/t16-,18+/m0/s1. The molecule has 1 N–H and O–H groups in total. The summed E-state index contributed by atoms with van der Waals surface area (Å²) in [4.78, 5) is 14.1. The van der Waals surface area contributed by atoms with Gasteiger partial charge in [-0.05, 0) is 39.2 Å². The second-order valence-corrected chi connectivity index (χ2v) is 6.69. The smallest absolute Gasteiger partial charge is 0.248 e. The molecule has 4 heteroatoms. The van der Waals surface area contributed by atoms with E-state index in [2.05, 4.69) is 12.1 Å². The van der Waals surface area contributed by atoms with Gasteiger partial charge < -0.3 is 14.7 Å². The first-order valence-electron chi connectivity index (χ1n) is 8.04. The van der Waals surface area contributed by atoms with Crippen molar-refractivity contribution in [2.45, 2.75) is 45.3 Å². The van der Waals surface area contributed by atoms with E-state index in [0.29, 0.717) is 19.5 Å². The van der Waals surface area contributed by atoms with E-state index in [-0.39, 0.29) is 24.5 Å². The largest absolute Gasteiger partial charge is 0.390 e. The monoisotopic (exact) mass is 305 g/mol. The molecule has 1 aliphatic rings. The van der Waals surface area contributed by atoms with Gasteiger partial charge in [-0.15, -0.1) is 0 Å². The Morgan fingerprint density at radius 1 is 1.41 bits per heavy atom. The molecule has 0 saturated carbocycles. The second-order valence-electron chi connectivity index (χ2n) is 6.69. The molecule has 0 spiro atoms. The minimum absolute atomic E-state index is 0.0160. The molecule has 1 heterocycles. The van der Waals surface area contributed by atoms with Gasteiger partial charge in [0.15, 0.2) is 0 Å². The Balaban J connectivity index is 1.99. The van der Waals surface area contributed by atoms with Crippen molar-refractivity contribution in [3.8, 4) is 0 Å². The molecule has 1 fully saturated rings. The molecule has 1 amide bonds. The number of hydrogen-bond acceptors (Lipinski definition) is 3. The van der Waals surface area contributed by atoms with Crippen LogP contribution in [0.15, 0.2) is 30.3 Å². The van der Waals surface area contributed by atoms with Crippen molar-refractivity contribution in [3.63, 3.8) is 0 Å². The summed E-state index contributed by atoms with van der Waals surface area (Å²) >= 11 is 0. The number of rotatable bonds is 5. The van der Waals surface area contributed by atoms with Gasteiger partial charge in [0.1, 0.15) is 6.61 Å². The molecule has 2 atom stereocenters. The van der Waals surface area contributed by atoms with Crippen LogP contribution in [-0.2, 0) is 16.0 Å². The Bertz CT molecular complexity index is 484. The fraction of sp³-hybridized carbons (Fsp3) is 0.611. The van der Waals surface area contributed by atoms with Crippen LogP contribution in [0.25, 0.3) is 0 Å². The third-order valence-corrected chi connectivity index (χ3v) is 4.43. The highest BCUT2D eigenvalue weighted by atomic mass is 16.5. The maximum Gasteiger partial charge on any atom is 0.248 e. The maximum absolute atomic E-state index is 12.2. The third kappa shape index (κ3) is 4.55. The van der Waals surface area contributed by atoms with E-state index in [1.54, 1.807) is 0 Å². The number of piperidine rings is 1. The Kier molecular flexibility index (Phi) is 5.59. The SMILES string of the molecule is CC(C)OCC(=O)N1CC[C@@](C)(O)[C@@H](Cc2ccccc2)C1. The molecule has 4 nitrogen and oxygen atoms in total. The first-order chi connectivity index (χ1) is 10.4. The number of ether oxygens (including phenoxy) is 1. The van der Waals surface area contributed by atoms with Gasteiger partial charge in [0.2, 0.25) is 5.91 Å². The van der Waals surface area contributed by atoms with E-state index in [4.69, 9.17) is 4.74 Å². The third-order valence-electron chi connectivity index (χ3n) is 4.43. The van der Waals surface area contributed by atoms with E-state index in [0.717, 1.165) is 6.42 Å². The Labute approximate surface area is 133 Å². The van der Waals surface area contributed by atoms with Crippen molar-refractivity contribution >= 4 is 5.91 Å². The normalized spacial score (nSPS) is 25.5. The molecule has 0 unspecified atom stereocenters. The van der Waals surface area contributed by atoms with Gasteiger partial charge >= 0.3 is 0 Å². The van der Waals surface area contributed by atoms with Gasteiger partial charge in [-0.25, -0.2) is 0 Å². The lowest BCUT2D eigenvalue weighted by Gasteiger charge is -2.43. The van der Waals surface area contributed by atoms with Gasteiger partial charge in [0.25, 0.3) is 0 Å². The molecule has 0 aliphatic carbocycles. The molecule has 22 heavy (non-hydrogen) atoms. The number of amides is 1. The predicted octanol–water partition coefficient (Wildman–Crippen LogP) is 2.25. The first kappa shape index (κ1) is 17.0. The van der Waals surface area contributed by atoms with Crippen LogP contribution in [-0.4, -0.2) is 47.3 Å². The van der Waals surface area contributed by atoms with Gasteiger partial charge in [0.05, 0.1) is 11.7 Å². The summed E-state index contributed by atoms with van der Waals surface area (Å²) in [5, 5.41) is 10.6. The lowest BCUT2D eigenvalue weighted by molar-refractivity contribution is -0.145. The summed E-state index contributed by atoms with van der Waals surface area (Å²) in [6, 6.07) is 10.1. The van der Waals surface area contributed by atoms with Gasteiger partial charge in [0, 0.05) is 19.0 Å². The highest BCUT2D eigenvalue weighted by Crippen LogP contribution is 2.30. The molecule has 0 aromatic heterocycles. The zero-order valence-electron chi connectivity index (χ0n) is 13.8. The minimum atomic E-state index is -0.731. The average Bonchev–Trinajstić information content (AvgIpc) is 2.48. The van der Waals surface area contributed by atoms with Crippen LogP contribution in [0.4, 0.5) is 0 Å². The van der Waals surface area contributed by atoms with Crippen LogP contribution in [0.1, 0.15) is 32.8 Å². The average molecular weight is 305 g/mol. The Morgan fingerprint density at radius 3 is 2.73 bits per heavy atom. The molecule has 0 bridgehead atoms. The van der Waals surface area contributed by atoms with E-state index in [1.807, 2.05) is 43.9 Å². The zero-order chi connectivity index (χ0) is 16.2. The van der Waals surface area contributed by atoms with Crippen LogP contribution >= 0.6 is 0 Å². The summed E-state index contributed by atoms with van der Waals surface area (Å²) in [6.07, 6.45) is 1.44. The number of benzene rings is 1. The summed E-state index contributed by atoms with van der Waals surface area (Å²) in [7, 11) is 0. The van der Waals surface area contributed by atoms with Crippen molar-refractivity contribution in [1.82, 2.24) is 4.90 Å². The van der Waals surface area contributed by atoms with Crippen LogP contribution in [0.5, 0.6) is 0 Å². The molecule has 122 valence electrons. The lowest BCUT2D eigenvalue weighted by atomic mass is 9.79. The van der Waals surface area contributed by atoms with Crippen LogP contribution in [0, 0.1) is 5.92 Å². The molecule has 2 rings (SSSR count). The van der Waals surface area contributed by atoms with Crippen molar-refractivity contribution in [2.75, 3.05) is 19.7 Å². The number of carbonyl (C=O) groups is 1. The minimum Gasteiger partial charge on any atom is -0.390 e. The summed E-state index contributed by atoms with van der Waals surface area (Å²) in [5.74, 6) is 0.0638. The van der Waals surface area contributed by atoms with Crippen LogP contribution in [0.3, 0.4) is 0 Å². The van der Waals surface area contributed by atoms with Crippen molar-refractivity contribution < 1.29 is 14.6 Å². The Hall–Kier alpha value is -1.39.